The van der Waals surface area contributed by atoms with Crippen molar-refractivity contribution in [1.29, 1.82) is 0 Å². The van der Waals surface area contributed by atoms with Gasteiger partial charge < -0.3 is 9.88 Å². The first kappa shape index (κ1) is 12.8. The van der Waals surface area contributed by atoms with Crippen LogP contribution in [0.1, 0.15) is 23.8 Å². The summed E-state index contributed by atoms with van der Waals surface area (Å²) in [6.07, 6.45) is 5.13. The molecule has 0 aliphatic heterocycles. The molecular formula is C11H13N5O3. The predicted molar refractivity (Wildman–Crippen MR) is 67.9 cm³/mol. The Hall–Kier alpha value is -2.64. The number of hydrogen-bond donors (Lipinski definition) is 2. The van der Waals surface area contributed by atoms with Gasteiger partial charge in [0, 0.05) is 18.8 Å². The third-order valence-corrected chi connectivity index (χ3v) is 2.55. The van der Waals surface area contributed by atoms with Crippen LogP contribution < -0.4 is 5.32 Å². The Kier molecular flexibility index (Phi) is 3.60. The Labute approximate surface area is 108 Å². The first-order valence-corrected chi connectivity index (χ1v) is 5.76. The molecule has 2 rings (SSSR count). The zero-order valence-corrected chi connectivity index (χ0v) is 10.3. The van der Waals surface area contributed by atoms with Gasteiger partial charge in [0.2, 0.25) is 0 Å². The molecule has 100 valence electrons. The minimum atomic E-state index is -0.513. The summed E-state index contributed by atoms with van der Waals surface area (Å²) in [7, 11) is 0. The summed E-state index contributed by atoms with van der Waals surface area (Å²) in [5.41, 5.74) is 0.678. The number of rotatable bonds is 5. The number of H-pyrrole nitrogens is 1. The molecule has 0 aliphatic rings. The van der Waals surface area contributed by atoms with E-state index in [1.165, 1.54) is 24.7 Å². The van der Waals surface area contributed by atoms with Gasteiger partial charge in [-0.3, -0.25) is 20.0 Å². The van der Waals surface area contributed by atoms with Gasteiger partial charge in [-0.2, -0.15) is 5.10 Å². The number of carbonyl (C=O) groups excluding carboxylic acids is 1. The highest BCUT2D eigenvalue weighted by molar-refractivity contribution is 6.03. The Balaban J connectivity index is 2.26. The van der Waals surface area contributed by atoms with Gasteiger partial charge >= 0.3 is 0 Å². The maximum atomic E-state index is 12.0. The zero-order chi connectivity index (χ0) is 13.8. The van der Waals surface area contributed by atoms with Crippen LogP contribution >= 0.6 is 0 Å². The molecule has 2 aromatic rings. The van der Waals surface area contributed by atoms with Crippen molar-refractivity contribution in [3.63, 3.8) is 0 Å². The molecule has 0 spiro atoms. The van der Waals surface area contributed by atoms with Gasteiger partial charge in [0.25, 0.3) is 11.6 Å². The van der Waals surface area contributed by atoms with Gasteiger partial charge in [0.15, 0.2) is 0 Å². The molecule has 0 aromatic carbocycles. The Morgan fingerprint density at radius 1 is 1.63 bits per heavy atom. The summed E-state index contributed by atoms with van der Waals surface area (Å²) >= 11 is 0. The van der Waals surface area contributed by atoms with E-state index in [1.807, 2.05) is 6.92 Å². The fourth-order valence-electron chi connectivity index (χ4n) is 1.73. The molecule has 2 aromatic heterocycles. The minimum absolute atomic E-state index is 0.0919. The second-order valence-electron chi connectivity index (χ2n) is 3.98. The van der Waals surface area contributed by atoms with Crippen LogP contribution in [0.15, 0.2) is 24.7 Å². The van der Waals surface area contributed by atoms with E-state index in [2.05, 4.69) is 15.5 Å². The van der Waals surface area contributed by atoms with E-state index in [4.69, 9.17) is 0 Å². The smallest absolute Gasteiger partial charge is 0.287 e. The van der Waals surface area contributed by atoms with Crippen molar-refractivity contribution in [3.05, 3.63) is 40.5 Å². The SMILES string of the molecule is CCCn1cc([N+](=O)[O-])cc1C(=O)Nc1cn[nH]c1. The first-order chi connectivity index (χ1) is 9.11. The summed E-state index contributed by atoms with van der Waals surface area (Å²) in [6.45, 7) is 2.48. The topological polar surface area (TPSA) is 106 Å². The fraction of sp³-hybridized carbons (Fsp3) is 0.273. The number of carbonyl (C=O) groups is 1. The van der Waals surface area contributed by atoms with Gasteiger partial charge in [-0.25, -0.2) is 0 Å². The molecule has 0 aliphatic carbocycles. The van der Waals surface area contributed by atoms with Crippen LogP contribution in [0.3, 0.4) is 0 Å². The van der Waals surface area contributed by atoms with Crippen molar-refractivity contribution < 1.29 is 9.72 Å². The molecular weight excluding hydrogens is 250 g/mol. The highest BCUT2D eigenvalue weighted by Gasteiger charge is 2.19. The number of aryl methyl sites for hydroxylation is 1. The highest BCUT2D eigenvalue weighted by atomic mass is 16.6. The van der Waals surface area contributed by atoms with Crippen molar-refractivity contribution in [3.8, 4) is 0 Å². The number of anilines is 1. The second kappa shape index (κ2) is 5.34. The third-order valence-electron chi connectivity index (χ3n) is 2.55. The molecule has 0 saturated carbocycles. The Bertz CT molecular complexity index is 588. The Morgan fingerprint density at radius 3 is 3.00 bits per heavy atom. The molecule has 0 fully saturated rings. The number of nitrogens with one attached hydrogen (secondary N) is 2. The molecule has 0 radical (unpaired) electrons. The van der Waals surface area contributed by atoms with Crippen molar-refractivity contribution in [2.75, 3.05) is 5.32 Å². The molecule has 8 nitrogen and oxygen atoms in total. The molecule has 2 N–H and O–H groups in total. The van der Waals surface area contributed by atoms with E-state index >= 15 is 0 Å². The summed E-state index contributed by atoms with van der Waals surface area (Å²) in [5, 5.41) is 19.6. The molecule has 2 heterocycles. The van der Waals surface area contributed by atoms with Gasteiger partial charge in [-0.15, -0.1) is 0 Å². The molecule has 19 heavy (non-hydrogen) atoms. The standard InChI is InChI=1S/C11H13N5O3/c1-2-3-15-7-9(16(18)19)4-10(15)11(17)14-8-5-12-13-6-8/h4-7H,2-3H2,1H3,(H,12,13)(H,14,17). The van der Waals surface area contributed by atoms with Crippen molar-refractivity contribution in [2.24, 2.45) is 0 Å². The van der Waals surface area contributed by atoms with Gasteiger partial charge in [0.1, 0.15) is 5.69 Å². The van der Waals surface area contributed by atoms with E-state index in [0.717, 1.165) is 6.42 Å². The maximum Gasteiger partial charge on any atom is 0.287 e. The maximum absolute atomic E-state index is 12.0. The van der Waals surface area contributed by atoms with Gasteiger partial charge in [-0.1, -0.05) is 6.92 Å². The van der Waals surface area contributed by atoms with E-state index < -0.39 is 10.8 Å². The summed E-state index contributed by atoms with van der Waals surface area (Å²) in [4.78, 5) is 22.3. The lowest BCUT2D eigenvalue weighted by Crippen LogP contribution is -2.16. The van der Waals surface area contributed by atoms with E-state index in [0.29, 0.717) is 12.2 Å². The largest absolute Gasteiger partial charge is 0.337 e. The number of hydrogen-bond acceptors (Lipinski definition) is 4. The monoisotopic (exact) mass is 263 g/mol. The van der Waals surface area contributed by atoms with E-state index in [9.17, 15) is 14.9 Å². The zero-order valence-electron chi connectivity index (χ0n) is 10.3. The average Bonchev–Trinajstić information content (AvgIpc) is 2.98. The minimum Gasteiger partial charge on any atom is -0.337 e. The molecule has 8 heteroatoms. The lowest BCUT2D eigenvalue weighted by atomic mass is 10.3. The summed E-state index contributed by atoms with van der Waals surface area (Å²) < 4.78 is 1.58. The van der Waals surface area contributed by atoms with E-state index in [-0.39, 0.29) is 11.4 Å². The van der Waals surface area contributed by atoms with Crippen molar-refractivity contribution in [1.82, 2.24) is 14.8 Å². The summed E-state index contributed by atoms with van der Waals surface area (Å²) in [6, 6.07) is 1.27. The van der Waals surface area contributed by atoms with Gasteiger partial charge in [0.05, 0.1) is 23.0 Å². The average molecular weight is 263 g/mol. The number of aromatic nitrogens is 3. The normalized spacial score (nSPS) is 10.4. The lowest BCUT2D eigenvalue weighted by molar-refractivity contribution is -0.384. The van der Waals surface area contributed by atoms with Gasteiger partial charge in [-0.05, 0) is 6.42 Å². The van der Waals surface area contributed by atoms with Crippen molar-refractivity contribution >= 4 is 17.3 Å². The van der Waals surface area contributed by atoms with E-state index in [1.54, 1.807) is 4.57 Å². The van der Waals surface area contributed by atoms with Crippen LogP contribution in [0.2, 0.25) is 0 Å². The van der Waals surface area contributed by atoms with Crippen LogP contribution in [0, 0.1) is 10.1 Å². The van der Waals surface area contributed by atoms with Crippen LogP contribution in [0.4, 0.5) is 11.4 Å². The molecule has 0 atom stereocenters. The third kappa shape index (κ3) is 2.79. The van der Waals surface area contributed by atoms with Crippen LogP contribution in [-0.4, -0.2) is 25.6 Å². The highest BCUT2D eigenvalue weighted by Crippen LogP contribution is 2.18. The molecule has 0 unspecified atom stereocenters. The van der Waals surface area contributed by atoms with Crippen LogP contribution in [0.5, 0.6) is 0 Å². The number of nitrogens with zero attached hydrogens (tertiary/aromatic N) is 3. The lowest BCUT2D eigenvalue weighted by Gasteiger charge is -2.06. The molecule has 0 bridgehead atoms. The number of amides is 1. The number of nitro groups is 1. The number of aromatic amines is 1. The summed E-state index contributed by atoms with van der Waals surface area (Å²) in [5.74, 6) is -0.400. The predicted octanol–water partition coefficient (Wildman–Crippen LogP) is 1.78. The second-order valence-corrected chi connectivity index (χ2v) is 3.98. The van der Waals surface area contributed by atoms with Crippen LogP contribution in [-0.2, 0) is 6.54 Å². The van der Waals surface area contributed by atoms with Crippen LogP contribution in [0.25, 0.3) is 0 Å². The quantitative estimate of drug-likeness (QED) is 0.633. The molecule has 1 amide bonds. The first-order valence-electron chi connectivity index (χ1n) is 5.76. The Morgan fingerprint density at radius 2 is 2.42 bits per heavy atom. The van der Waals surface area contributed by atoms with Crippen molar-refractivity contribution in [2.45, 2.75) is 19.9 Å². The molecule has 0 saturated heterocycles. The fourth-order valence-corrected chi connectivity index (χ4v) is 1.73.